The minimum Gasteiger partial charge on any atom is -0.404 e. The molecule has 1 saturated heterocycles. The van der Waals surface area contributed by atoms with Crippen LogP contribution in [0.3, 0.4) is 0 Å². The standard InChI is InChI=1S/C15H20N4O/c1-12-4-5-15(18-8-12)13(7-16)9-17-10-14-3-2-6-19(14)11-20/h4-5,7-9,11,14H,2-3,6,10,16H2,1H3/b13-7+,17-9?. The Morgan fingerprint density at radius 1 is 1.60 bits per heavy atom. The summed E-state index contributed by atoms with van der Waals surface area (Å²) in [6.45, 7) is 3.44. The maximum Gasteiger partial charge on any atom is 0.210 e. The molecule has 5 nitrogen and oxygen atoms in total. The normalized spacial score (nSPS) is 19.8. The second kappa shape index (κ2) is 6.84. The van der Waals surface area contributed by atoms with Gasteiger partial charge in [-0.05, 0) is 31.4 Å². The number of carbonyl (C=O) groups is 1. The summed E-state index contributed by atoms with van der Waals surface area (Å²) in [7, 11) is 0. The number of likely N-dealkylation sites (tertiary alicyclic amines) is 1. The van der Waals surface area contributed by atoms with Crippen molar-refractivity contribution in [3.8, 4) is 0 Å². The van der Waals surface area contributed by atoms with E-state index in [0.717, 1.165) is 42.6 Å². The van der Waals surface area contributed by atoms with Crippen LogP contribution in [0.5, 0.6) is 0 Å². The van der Waals surface area contributed by atoms with E-state index >= 15 is 0 Å². The zero-order chi connectivity index (χ0) is 14.4. The number of rotatable bonds is 5. The molecule has 1 atom stereocenters. The van der Waals surface area contributed by atoms with Crippen molar-refractivity contribution in [1.29, 1.82) is 0 Å². The third kappa shape index (κ3) is 3.44. The minimum atomic E-state index is 0.216. The van der Waals surface area contributed by atoms with E-state index in [0.29, 0.717) is 6.54 Å². The molecular weight excluding hydrogens is 252 g/mol. The number of aryl methyl sites for hydroxylation is 1. The molecular formula is C15H20N4O. The van der Waals surface area contributed by atoms with Crippen molar-refractivity contribution < 1.29 is 4.79 Å². The molecule has 106 valence electrons. The van der Waals surface area contributed by atoms with Gasteiger partial charge in [-0.25, -0.2) is 0 Å². The average Bonchev–Trinajstić information content (AvgIpc) is 2.92. The summed E-state index contributed by atoms with van der Waals surface area (Å²) < 4.78 is 0. The van der Waals surface area contributed by atoms with E-state index in [4.69, 9.17) is 5.73 Å². The first-order valence-electron chi connectivity index (χ1n) is 6.80. The van der Waals surface area contributed by atoms with Gasteiger partial charge in [-0.2, -0.15) is 0 Å². The zero-order valence-electron chi connectivity index (χ0n) is 11.7. The van der Waals surface area contributed by atoms with Gasteiger partial charge in [-0.3, -0.25) is 14.8 Å². The largest absolute Gasteiger partial charge is 0.404 e. The summed E-state index contributed by atoms with van der Waals surface area (Å²) in [5, 5.41) is 0. The first-order chi connectivity index (χ1) is 9.74. The lowest BCUT2D eigenvalue weighted by Gasteiger charge is -2.17. The summed E-state index contributed by atoms with van der Waals surface area (Å²) in [5.74, 6) is 0. The monoisotopic (exact) mass is 272 g/mol. The van der Waals surface area contributed by atoms with Crippen LogP contribution in [0, 0.1) is 6.92 Å². The van der Waals surface area contributed by atoms with Crippen LogP contribution in [0.2, 0.25) is 0 Å². The number of pyridine rings is 1. The van der Waals surface area contributed by atoms with Crippen LogP contribution < -0.4 is 5.73 Å². The molecule has 0 aliphatic carbocycles. The number of allylic oxidation sites excluding steroid dienone is 1. The van der Waals surface area contributed by atoms with Crippen molar-refractivity contribution in [2.45, 2.75) is 25.8 Å². The van der Waals surface area contributed by atoms with Gasteiger partial charge in [-0.1, -0.05) is 6.07 Å². The third-order valence-electron chi connectivity index (χ3n) is 3.49. The molecule has 5 heteroatoms. The second-order valence-corrected chi connectivity index (χ2v) is 4.98. The molecule has 2 N–H and O–H groups in total. The minimum absolute atomic E-state index is 0.216. The number of amides is 1. The molecule has 1 aromatic rings. The van der Waals surface area contributed by atoms with Gasteiger partial charge in [0.1, 0.15) is 0 Å². The van der Waals surface area contributed by atoms with Crippen molar-refractivity contribution in [1.82, 2.24) is 9.88 Å². The second-order valence-electron chi connectivity index (χ2n) is 4.98. The summed E-state index contributed by atoms with van der Waals surface area (Å²) in [4.78, 5) is 21.4. The first-order valence-corrected chi connectivity index (χ1v) is 6.80. The lowest BCUT2D eigenvalue weighted by molar-refractivity contribution is -0.118. The maximum atomic E-state index is 10.9. The van der Waals surface area contributed by atoms with Gasteiger partial charge in [-0.15, -0.1) is 0 Å². The Balaban J connectivity index is 1.98. The summed E-state index contributed by atoms with van der Waals surface area (Å²) in [5.41, 5.74) is 8.34. The zero-order valence-corrected chi connectivity index (χ0v) is 11.7. The Labute approximate surface area is 119 Å². The predicted octanol–water partition coefficient (Wildman–Crippen LogP) is 1.38. The molecule has 0 spiro atoms. The van der Waals surface area contributed by atoms with Crippen LogP contribution >= 0.6 is 0 Å². The quantitative estimate of drug-likeness (QED) is 0.650. The van der Waals surface area contributed by atoms with Gasteiger partial charge in [0.25, 0.3) is 0 Å². The van der Waals surface area contributed by atoms with Crippen molar-refractivity contribution in [3.05, 3.63) is 35.8 Å². The van der Waals surface area contributed by atoms with Gasteiger partial charge in [0.2, 0.25) is 6.41 Å². The van der Waals surface area contributed by atoms with Crippen molar-refractivity contribution in [2.24, 2.45) is 10.7 Å². The number of hydrogen-bond acceptors (Lipinski definition) is 4. The van der Waals surface area contributed by atoms with E-state index in [2.05, 4.69) is 9.98 Å². The Bertz CT molecular complexity index is 507. The highest BCUT2D eigenvalue weighted by atomic mass is 16.1. The van der Waals surface area contributed by atoms with Gasteiger partial charge in [0, 0.05) is 30.7 Å². The smallest absolute Gasteiger partial charge is 0.210 e. The summed E-state index contributed by atoms with van der Waals surface area (Å²) in [6.07, 6.45) is 8.02. The number of carbonyl (C=O) groups excluding carboxylic acids is 1. The average molecular weight is 272 g/mol. The summed E-state index contributed by atoms with van der Waals surface area (Å²) in [6, 6.07) is 4.13. The van der Waals surface area contributed by atoms with Crippen LogP contribution in [0.25, 0.3) is 5.57 Å². The highest BCUT2D eigenvalue weighted by molar-refractivity contribution is 6.08. The van der Waals surface area contributed by atoms with Crippen LogP contribution in [0.15, 0.2) is 29.5 Å². The van der Waals surface area contributed by atoms with E-state index in [1.807, 2.05) is 24.0 Å². The molecule has 1 fully saturated rings. The number of nitrogens with two attached hydrogens (primary N) is 1. The first kappa shape index (κ1) is 14.2. The highest BCUT2D eigenvalue weighted by Gasteiger charge is 2.21. The van der Waals surface area contributed by atoms with Crippen LogP contribution in [0.4, 0.5) is 0 Å². The van der Waals surface area contributed by atoms with E-state index in [9.17, 15) is 4.79 Å². The van der Waals surface area contributed by atoms with E-state index < -0.39 is 0 Å². The third-order valence-corrected chi connectivity index (χ3v) is 3.49. The molecule has 2 heterocycles. The van der Waals surface area contributed by atoms with Gasteiger partial charge < -0.3 is 10.6 Å². The molecule has 20 heavy (non-hydrogen) atoms. The predicted molar refractivity (Wildman–Crippen MR) is 80.3 cm³/mol. The molecule has 1 amide bonds. The molecule has 0 bridgehead atoms. The molecule has 1 aliphatic heterocycles. The van der Waals surface area contributed by atoms with Crippen LogP contribution in [-0.4, -0.2) is 41.6 Å². The topological polar surface area (TPSA) is 71.6 Å². The van der Waals surface area contributed by atoms with E-state index in [1.165, 1.54) is 6.20 Å². The Morgan fingerprint density at radius 3 is 3.10 bits per heavy atom. The maximum absolute atomic E-state index is 10.9. The molecule has 0 radical (unpaired) electrons. The fraction of sp³-hybridized carbons (Fsp3) is 0.400. The van der Waals surface area contributed by atoms with Crippen LogP contribution in [0.1, 0.15) is 24.1 Å². The van der Waals surface area contributed by atoms with Crippen molar-refractivity contribution in [2.75, 3.05) is 13.1 Å². The molecule has 1 unspecified atom stereocenters. The van der Waals surface area contributed by atoms with Crippen molar-refractivity contribution in [3.63, 3.8) is 0 Å². The molecule has 1 aliphatic rings. The highest BCUT2D eigenvalue weighted by Crippen LogP contribution is 2.15. The Kier molecular flexibility index (Phi) is 4.87. The molecule has 2 rings (SSSR count). The van der Waals surface area contributed by atoms with Crippen LogP contribution in [-0.2, 0) is 4.79 Å². The van der Waals surface area contributed by atoms with Gasteiger partial charge in [0.05, 0.1) is 18.3 Å². The Morgan fingerprint density at radius 2 is 2.45 bits per heavy atom. The number of aromatic nitrogens is 1. The van der Waals surface area contributed by atoms with Crippen molar-refractivity contribution >= 4 is 18.2 Å². The van der Waals surface area contributed by atoms with E-state index in [1.54, 1.807) is 12.4 Å². The molecule has 0 saturated carbocycles. The molecule has 0 aromatic carbocycles. The lowest BCUT2D eigenvalue weighted by atomic mass is 10.2. The summed E-state index contributed by atoms with van der Waals surface area (Å²) >= 11 is 0. The van der Waals surface area contributed by atoms with E-state index in [-0.39, 0.29) is 6.04 Å². The fourth-order valence-electron chi connectivity index (χ4n) is 2.30. The Hall–Kier alpha value is -2.17. The SMILES string of the molecule is Cc1ccc(/C(C=NCC2CCCN2C=O)=C/N)nc1. The number of hydrogen-bond donors (Lipinski definition) is 1. The number of aliphatic imine (C=N–C) groups is 1. The molecule has 1 aromatic heterocycles. The van der Waals surface area contributed by atoms with Gasteiger partial charge >= 0.3 is 0 Å². The lowest BCUT2D eigenvalue weighted by Crippen LogP contribution is -2.30. The van der Waals surface area contributed by atoms with Gasteiger partial charge in [0.15, 0.2) is 0 Å². The number of nitrogens with zero attached hydrogens (tertiary/aromatic N) is 3. The fourth-order valence-corrected chi connectivity index (χ4v) is 2.30.